The number of nitrogens with zero attached hydrogens (tertiary/aromatic N) is 2. The molecule has 114 valence electrons. The van der Waals surface area contributed by atoms with E-state index in [1.807, 2.05) is 0 Å². The van der Waals surface area contributed by atoms with Crippen LogP contribution in [0.3, 0.4) is 0 Å². The first-order valence-electron chi connectivity index (χ1n) is 6.82. The Kier molecular flexibility index (Phi) is 4.24. The summed E-state index contributed by atoms with van der Waals surface area (Å²) in [6.45, 7) is 0. The van der Waals surface area contributed by atoms with E-state index in [0.29, 0.717) is 22.6 Å². The molecule has 1 N–H and O–H groups in total. The van der Waals surface area contributed by atoms with E-state index in [1.54, 1.807) is 42.5 Å². The van der Waals surface area contributed by atoms with E-state index in [2.05, 4.69) is 15.5 Å². The molecular formula is C17H12FN3O2. The summed E-state index contributed by atoms with van der Waals surface area (Å²) in [5.41, 5.74) is 3.19. The normalized spacial score (nSPS) is 10.8. The topological polar surface area (TPSA) is 67.5 Å². The Morgan fingerprint density at radius 1 is 1.13 bits per heavy atom. The third kappa shape index (κ3) is 3.49. The molecule has 6 heteroatoms. The summed E-state index contributed by atoms with van der Waals surface area (Å²) in [6, 6.07) is 12.8. The lowest BCUT2D eigenvalue weighted by atomic mass is 10.1. The van der Waals surface area contributed by atoms with Gasteiger partial charge < -0.3 is 4.42 Å². The second-order valence-corrected chi connectivity index (χ2v) is 4.62. The van der Waals surface area contributed by atoms with Crippen LogP contribution in [0.15, 0.2) is 70.4 Å². The average molecular weight is 309 g/mol. The molecule has 1 amide bonds. The van der Waals surface area contributed by atoms with Crippen molar-refractivity contribution >= 4 is 12.1 Å². The predicted molar refractivity (Wildman–Crippen MR) is 83.4 cm³/mol. The first-order chi connectivity index (χ1) is 11.2. The van der Waals surface area contributed by atoms with Crippen LogP contribution in [0.4, 0.5) is 4.39 Å². The number of hydrogen-bond donors (Lipinski definition) is 1. The Morgan fingerprint density at radius 3 is 2.70 bits per heavy atom. The van der Waals surface area contributed by atoms with Gasteiger partial charge in [0.25, 0.3) is 5.91 Å². The van der Waals surface area contributed by atoms with Crippen molar-refractivity contribution in [3.63, 3.8) is 0 Å². The Hall–Kier alpha value is -3.28. The van der Waals surface area contributed by atoms with Crippen molar-refractivity contribution in [2.45, 2.75) is 0 Å². The number of furan rings is 1. The fourth-order valence-corrected chi connectivity index (χ4v) is 1.95. The number of pyridine rings is 1. The standard InChI is InChI=1S/C17H12FN3O2/c18-15-4-2-1-3-14(15)16-6-5-13(23-16)11-20-21-17(22)12-7-9-19-10-8-12/h1-11H,(H,21,22)/b20-11+. The number of carbonyl (C=O) groups excluding carboxylic acids is 1. The molecule has 0 saturated heterocycles. The maximum atomic E-state index is 13.7. The number of rotatable bonds is 4. The molecule has 0 bridgehead atoms. The van der Waals surface area contributed by atoms with Crippen molar-refractivity contribution < 1.29 is 13.6 Å². The van der Waals surface area contributed by atoms with Crippen LogP contribution in [0.1, 0.15) is 16.1 Å². The molecule has 0 aliphatic rings. The van der Waals surface area contributed by atoms with Crippen molar-refractivity contribution in [2.24, 2.45) is 5.10 Å². The summed E-state index contributed by atoms with van der Waals surface area (Å²) >= 11 is 0. The zero-order valence-electron chi connectivity index (χ0n) is 11.9. The van der Waals surface area contributed by atoms with Gasteiger partial charge in [-0.15, -0.1) is 0 Å². The fourth-order valence-electron chi connectivity index (χ4n) is 1.95. The van der Waals surface area contributed by atoms with Gasteiger partial charge in [0, 0.05) is 18.0 Å². The minimum atomic E-state index is -0.365. The lowest BCUT2D eigenvalue weighted by molar-refractivity contribution is 0.0955. The molecule has 5 nitrogen and oxygen atoms in total. The summed E-state index contributed by atoms with van der Waals surface area (Å²) in [5, 5.41) is 3.81. The van der Waals surface area contributed by atoms with E-state index in [-0.39, 0.29) is 11.7 Å². The Balaban J connectivity index is 1.68. The van der Waals surface area contributed by atoms with Crippen LogP contribution in [0.2, 0.25) is 0 Å². The molecule has 0 aliphatic carbocycles. The Bertz CT molecular complexity index is 844. The third-order valence-electron chi connectivity index (χ3n) is 3.07. The molecule has 0 aliphatic heterocycles. The average Bonchev–Trinajstić information content (AvgIpc) is 3.04. The van der Waals surface area contributed by atoms with Crippen LogP contribution >= 0.6 is 0 Å². The molecule has 0 unspecified atom stereocenters. The molecule has 23 heavy (non-hydrogen) atoms. The van der Waals surface area contributed by atoms with Crippen LogP contribution in [0, 0.1) is 5.82 Å². The summed E-state index contributed by atoms with van der Waals surface area (Å²) in [4.78, 5) is 15.6. The molecule has 0 atom stereocenters. The fraction of sp³-hybridized carbons (Fsp3) is 0. The van der Waals surface area contributed by atoms with Gasteiger partial charge in [-0.1, -0.05) is 12.1 Å². The number of aromatic nitrogens is 1. The molecule has 0 spiro atoms. The smallest absolute Gasteiger partial charge is 0.271 e. The number of hydrogen-bond acceptors (Lipinski definition) is 4. The highest BCUT2D eigenvalue weighted by Gasteiger charge is 2.08. The monoisotopic (exact) mass is 309 g/mol. The maximum Gasteiger partial charge on any atom is 0.271 e. The summed E-state index contributed by atoms with van der Waals surface area (Å²) in [6.07, 6.45) is 4.39. The molecule has 3 aromatic rings. The SMILES string of the molecule is O=C(N/N=C/c1ccc(-c2ccccc2F)o1)c1ccncc1. The van der Waals surface area contributed by atoms with Gasteiger partial charge in [0.05, 0.1) is 11.8 Å². The minimum Gasteiger partial charge on any atom is -0.455 e. The quantitative estimate of drug-likeness (QED) is 0.594. The van der Waals surface area contributed by atoms with E-state index in [4.69, 9.17) is 4.42 Å². The van der Waals surface area contributed by atoms with Gasteiger partial charge in [-0.25, -0.2) is 9.82 Å². The van der Waals surface area contributed by atoms with Crippen molar-refractivity contribution in [1.82, 2.24) is 10.4 Å². The highest BCUT2D eigenvalue weighted by molar-refractivity contribution is 5.94. The van der Waals surface area contributed by atoms with Gasteiger partial charge in [0.2, 0.25) is 0 Å². The molecular weight excluding hydrogens is 297 g/mol. The number of benzene rings is 1. The second kappa shape index (κ2) is 6.65. The lowest BCUT2D eigenvalue weighted by Gasteiger charge is -1.98. The molecule has 1 aromatic carbocycles. The van der Waals surface area contributed by atoms with Gasteiger partial charge in [-0.05, 0) is 36.4 Å². The maximum absolute atomic E-state index is 13.7. The molecule has 0 fully saturated rings. The van der Waals surface area contributed by atoms with Gasteiger partial charge in [0.15, 0.2) is 0 Å². The number of carbonyl (C=O) groups is 1. The first-order valence-corrected chi connectivity index (χ1v) is 6.82. The highest BCUT2D eigenvalue weighted by Crippen LogP contribution is 2.24. The highest BCUT2D eigenvalue weighted by atomic mass is 19.1. The van der Waals surface area contributed by atoms with Crippen LogP contribution in [-0.4, -0.2) is 17.1 Å². The van der Waals surface area contributed by atoms with Crippen LogP contribution < -0.4 is 5.43 Å². The molecule has 0 radical (unpaired) electrons. The van der Waals surface area contributed by atoms with Crippen LogP contribution in [0.25, 0.3) is 11.3 Å². The van der Waals surface area contributed by atoms with E-state index in [9.17, 15) is 9.18 Å². The van der Waals surface area contributed by atoms with E-state index in [1.165, 1.54) is 24.7 Å². The predicted octanol–water partition coefficient (Wildman–Crippen LogP) is 3.24. The number of halogens is 1. The van der Waals surface area contributed by atoms with E-state index >= 15 is 0 Å². The first kappa shape index (κ1) is 14.6. The van der Waals surface area contributed by atoms with E-state index in [0.717, 1.165) is 0 Å². The van der Waals surface area contributed by atoms with E-state index < -0.39 is 0 Å². The van der Waals surface area contributed by atoms with Crippen molar-refractivity contribution in [2.75, 3.05) is 0 Å². The summed E-state index contributed by atoms with van der Waals surface area (Å²) in [7, 11) is 0. The van der Waals surface area contributed by atoms with Crippen LogP contribution in [0.5, 0.6) is 0 Å². The molecule has 2 aromatic heterocycles. The third-order valence-corrected chi connectivity index (χ3v) is 3.07. The van der Waals surface area contributed by atoms with Crippen LogP contribution in [-0.2, 0) is 0 Å². The molecule has 2 heterocycles. The Labute approximate surface area is 131 Å². The number of amides is 1. The lowest BCUT2D eigenvalue weighted by Crippen LogP contribution is -2.17. The van der Waals surface area contributed by atoms with Crippen molar-refractivity contribution in [3.05, 3.63) is 78.1 Å². The zero-order chi connectivity index (χ0) is 16.1. The van der Waals surface area contributed by atoms with Gasteiger partial charge >= 0.3 is 0 Å². The largest absolute Gasteiger partial charge is 0.455 e. The zero-order valence-corrected chi connectivity index (χ0v) is 11.9. The minimum absolute atomic E-state index is 0.357. The van der Waals surface area contributed by atoms with Crippen molar-refractivity contribution in [1.29, 1.82) is 0 Å². The van der Waals surface area contributed by atoms with Gasteiger partial charge in [-0.3, -0.25) is 9.78 Å². The second-order valence-electron chi connectivity index (χ2n) is 4.62. The van der Waals surface area contributed by atoms with Gasteiger partial charge in [-0.2, -0.15) is 5.10 Å². The summed E-state index contributed by atoms with van der Waals surface area (Å²) < 4.78 is 19.2. The van der Waals surface area contributed by atoms with Gasteiger partial charge in [0.1, 0.15) is 17.3 Å². The molecule has 3 rings (SSSR count). The number of hydrazone groups is 1. The summed E-state index contributed by atoms with van der Waals surface area (Å²) in [5.74, 6) is 0.0733. The van der Waals surface area contributed by atoms with Crippen molar-refractivity contribution in [3.8, 4) is 11.3 Å². The number of nitrogens with one attached hydrogen (secondary N) is 1. The Morgan fingerprint density at radius 2 is 1.91 bits per heavy atom. The molecule has 0 saturated carbocycles.